The summed E-state index contributed by atoms with van der Waals surface area (Å²) in [5.74, 6) is 0.652. The summed E-state index contributed by atoms with van der Waals surface area (Å²) in [5, 5.41) is 4.85. The largest absolute Gasteiger partial charge is 0.495 e. The van der Waals surface area contributed by atoms with Crippen molar-refractivity contribution in [2.45, 2.75) is 13.5 Å². The minimum Gasteiger partial charge on any atom is -0.495 e. The van der Waals surface area contributed by atoms with E-state index in [0.29, 0.717) is 17.3 Å². The molecule has 0 radical (unpaired) electrons. The molecule has 17 heavy (non-hydrogen) atoms. The lowest BCUT2D eigenvalue weighted by molar-refractivity contribution is 0.415. The first-order valence-electron chi connectivity index (χ1n) is 5.25. The van der Waals surface area contributed by atoms with Gasteiger partial charge < -0.3 is 10.5 Å². The molecule has 4 nitrogen and oxygen atoms in total. The van der Waals surface area contributed by atoms with Crippen LogP contribution in [0, 0.1) is 6.92 Å². The molecule has 0 aliphatic rings. The van der Waals surface area contributed by atoms with Gasteiger partial charge in [0.1, 0.15) is 5.75 Å². The van der Waals surface area contributed by atoms with Crippen molar-refractivity contribution in [2.24, 2.45) is 5.73 Å². The highest BCUT2D eigenvalue weighted by molar-refractivity contribution is 6.32. The van der Waals surface area contributed by atoms with Gasteiger partial charge >= 0.3 is 0 Å². The molecule has 0 amide bonds. The molecule has 2 rings (SSSR count). The van der Waals surface area contributed by atoms with Crippen molar-refractivity contribution in [1.29, 1.82) is 0 Å². The van der Waals surface area contributed by atoms with E-state index in [1.165, 1.54) is 0 Å². The molecule has 2 N–H and O–H groups in total. The van der Waals surface area contributed by atoms with Crippen LogP contribution in [0.2, 0.25) is 5.02 Å². The third-order valence-electron chi connectivity index (χ3n) is 2.71. The van der Waals surface area contributed by atoms with Gasteiger partial charge in [0.05, 0.1) is 24.0 Å². The van der Waals surface area contributed by atoms with Crippen LogP contribution in [0.5, 0.6) is 5.75 Å². The van der Waals surface area contributed by atoms with E-state index >= 15 is 0 Å². The second-order valence-corrected chi connectivity index (χ2v) is 4.10. The maximum Gasteiger partial charge on any atom is 0.137 e. The third-order valence-corrected chi connectivity index (χ3v) is 3.01. The lowest BCUT2D eigenvalue weighted by Crippen LogP contribution is -2.02. The summed E-state index contributed by atoms with van der Waals surface area (Å²) in [4.78, 5) is 0. The van der Waals surface area contributed by atoms with Gasteiger partial charge in [-0.25, -0.2) is 4.68 Å². The molecule has 0 spiro atoms. The zero-order valence-corrected chi connectivity index (χ0v) is 10.5. The minimum absolute atomic E-state index is 0.482. The van der Waals surface area contributed by atoms with Gasteiger partial charge in [0.25, 0.3) is 0 Å². The molecule has 1 heterocycles. The first-order chi connectivity index (χ1) is 8.17. The molecule has 0 atom stereocenters. The first kappa shape index (κ1) is 12.0. The SMILES string of the molecule is COc1ccc(-n2ncc(CN)c2C)cc1Cl. The summed E-state index contributed by atoms with van der Waals surface area (Å²) >= 11 is 6.08. The normalized spacial score (nSPS) is 10.6. The van der Waals surface area contributed by atoms with Crippen LogP contribution in [-0.2, 0) is 6.54 Å². The van der Waals surface area contributed by atoms with Crippen LogP contribution in [0.3, 0.4) is 0 Å². The van der Waals surface area contributed by atoms with Crippen molar-refractivity contribution in [1.82, 2.24) is 9.78 Å². The minimum atomic E-state index is 0.482. The quantitative estimate of drug-likeness (QED) is 0.911. The molecular weight excluding hydrogens is 238 g/mol. The topological polar surface area (TPSA) is 53.1 Å². The van der Waals surface area contributed by atoms with E-state index in [-0.39, 0.29) is 0 Å². The van der Waals surface area contributed by atoms with Crippen LogP contribution in [0.15, 0.2) is 24.4 Å². The van der Waals surface area contributed by atoms with Crippen molar-refractivity contribution < 1.29 is 4.74 Å². The molecule has 0 fully saturated rings. The Labute approximate surface area is 105 Å². The summed E-state index contributed by atoms with van der Waals surface area (Å²) in [6, 6.07) is 5.55. The number of methoxy groups -OCH3 is 1. The van der Waals surface area contributed by atoms with Gasteiger partial charge in [0, 0.05) is 17.8 Å². The number of nitrogens with zero attached hydrogens (tertiary/aromatic N) is 2. The number of rotatable bonds is 3. The fraction of sp³-hybridized carbons (Fsp3) is 0.250. The highest BCUT2D eigenvalue weighted by Crippen LogP contribution is 2.27. The van der Waals surface area contributed by atoms with Crippen LogP contribution < -0.4 is 10.5 Å². The van der Waals surface area contributed by atoms with Crippen LogP contribution in [0.1, 0.15) is 11.3 Å². The molecule has 90 valence electrons. The zero-order chi connectivity index (χ0) is 12.4. The van der Waals surface area contributed by atoms with E-state index < -0.39 is 0 Å². The Morgan fingerprint density at radius 3 is 2.76 bits per heavy atom. The predicted octanol–water partition coefficient (Wildman–Crippen LogP) is 2.30. The van der Waals surface area contributed by atoms with Crippen molar-refractivity contribution in [3.63, 3.8) is 0 Å². The third kappa shape index (κ3) is 2.14. The number of aromatic nitrogens is 2. The summed E-state index contributed by atoms with van der Waals surface area (Å²) in [6.07, 6.45) is 1.77. The Balaban J connectivity index is 2.46. The molecule has 0 unspecified atom stereocenters. The lowest BCUT2D eigenvalue weighted by Gasteiger charge is -2.08. The van der Waals surface area contributed by atoms with Crippen LogP contribution in [0.25, 0.3) is 5.69 Å². The number of hydrogen-bond donors (Lipinski definition) is 1. The standard InChI is InChI=1S/C12H14ClN3O/c1-8-9(6-14)7-15-16(8)10-3-4-12(17-2)11(13)5-10/h3-5,7H,6,14H2,1-2H3. The second kappa shape index (κ2) is 4.77. The zero-order valence-electron chi connectivity index (χ0n) is 9.77. The highest BCUT2D eigenvalue weighted by Gasteiger charge is 2.08. The van der Waals surface area contributed by atoms with E-state index in [4.69, 9.17) is 22.1 Å². The molecule has 1 aromatic heterocycles. The van der Waals surface area contributed by atoms with Gasteiger partial charge in [-0.05, 0) is 25.1 Å². The molecule has 0 aliphatic heterocycles. The molecule has 1 aromatic carbocycles. The van der Waals surface area contributed by atoms with Gasteiger partial charge in [-0.1, -0.05) is 11.6 Å². The van der Waals surface area contributed by atoms with Crippen molar-refractivity contribution in [2.75, 3.05) is 7.11 Å². The van der Waals surface area contributed by atoms with E-state index in [1.54, 1.807) is 13.3 Å². The summed E-state index contributed by atoms with van der Waals surface area (Å²) in [7, 11) is 1.59. The Bertz CT molecular complexity index is 537. The predicted molar refractivity (Wildman–Crippen MR) is 67.8 cm³/mol. The van der Waals surface area contributed by atoms with E-state index in [2.05, 4.69) is 5.10 Å². The number of hydrogen-bond acceptors (Lipinski definition) is 3. The van der Waals surface area contributed by atoms with E-state index in [0.717, 1.165) is 16.9 Å². The number of benzene rings is 1. The fourth-order valence-corrected chi connectivity index (χ4v) is 1.94. The molecule has 0 saturated heterocycles. The van der Waals surface area contributed by atoms with Gasteiger partial charge in [0.2, 0.25) is 0 Å². The maximum absolute atomic E-state index is 6.08. The number of halogens is 1. The maximum atomic E-state index is 6.08. The first-order valence-corrected chi connectivity index (χ1v) is 5.62. The Kier molecular flexibility index (Phi) is 3.36. The molecule has 0 bridgehead atoms. The fourth-order valence-electron chi connectivity index (χ4n) is 1.69. The molecule has 2 aromatic rings. The molecule has 0 saturated carbocycles. The second-order valence-electron chi connectivity index (χ2n) is 3.69. The number of ether oxygens (including phenoxy) is 1. The summed E-state index contributed by atoms with van der Waals surface area (Å²) in [6.45, 7) is 2.46. The van der Waals surface area contributed by atoms with Gasteiger partial charge in [-0.15, -0.1) is 0 Å². The van der Waals surface area contributed by atoms with Crippen molar-refractivity contribution >= 4 is 11.6 Å². The van der Waals surface area contributed by atoms with Crippen LogP contribution in [0.4, 0.5) is 0 Å². The average molecular weight is 252 g/mol. The van der Waals surface area contributed by atoms with Crippen molar-refractivity contribution in [3.8, 4) is 11.4 Å². The molecular formula is C12H14ClN3O. The van der Waals surface area contributed by atoms with Gasteiger partial charge in [-0.3, -0.25) is 0 Å². The smallest absolute Gasteiger partial charge is 0.137 e. The van der Waals surface area contributed by atoms with Gasteiger partial charge in [-0.2, -0.15) is 5.10 Å². The number of nitrogens with two attached hydrogens (primary N) is 1. The molecule has 5 heteroatoms. The molecule has 0 aliphatic carbocycles. The average Bonchev–Trinajstić information content (AvgIpc) is 2.70. The lowest BCUT2D eigenvalue weighted by atomic mass is 10.2. The van der Waals surface area contributed by atoms with Crippen LogP contribution in [-0.4, -0.2) is 16.9 Å². The van der Waals surface area contributed by atoms with E-state index in [1.807, 2.05) is 29.8 Å². The van der Waals surface area contributed by atoms with E-state index in [9.17, 15) is 0 Å². The Morgan fingerprint density at radius 1 is 1.47 bits per heavy atom. The highest BCUT2D eigenvalue weighted by atomic mass is 35.5. The van der Waals surface area contributed by atoms with Gasteiger partial charge in [0.15, 0.2) is 0 Å². The Hall–Kier alpha value is -1.52. The van der Waals surface area contributed by atoms with Crippen molar-refractivity contribution in [3.05, 3.63) is 40.7 Å². The Morgan fingerprint density at radius 2 is 2.24 bits per heavy atom. The van der Waals surface area contributed by atoms with Crippen LogP contribution >= 0.6 is 11.6 Å². The monoisotopic (exact) mass is 251 g/mol. The summed E-state index contributed by atoms with van der Waals surface area (Å²) in [5.41, 5.74) is 8.56. The summed E-state index contributed by atoms with van der Waals surface area (Å²) < 4.78 is 6.92.